The minimum Gasteiger partial charge on any atom is -0.508 e. The van der Waals surface area contributed by atoms with Gasteiger partial charge in [-0.1, -0.05) is 25.1 Å². The number of rotatable bonds is 5. The summed E-state index contributed by atoms with van der Waals surface area (Å²) in [5.74, 6) is 4.21. The van der Waals surface area contributed by atoms with Crippen LogP contribution in [-0.2, 0) is 0 Å². The summed E-state index contributed by atoms with van der Waals surface area (Å²) in [6, 6.07) is 7.91. The molecule has 0 saturated carbocycles. The molecule has 0 amide bonds. The van der Waals surface area contributed by atoms with Crippen molar-refractivity contribution in [1.82, 2.24) is 5.32 Å². The van der Waals surface area contributed by atoms with Crippen molar-refractivity contribution in [3.05, 3.63) is 29.8 Å². The third-order valence-electron chi connectivity index (χ3n) is 3.20. The number of phenols is 1. The van der Waals surface area contributed by atoms with Crippen LogP contribution in [0.3, 0.4) is 0 Å². The Morgan fingerprint density at radius 3 is 2.89 bits per heavy atom. The topological polar surface area (TPSA) is 32.3 Å². The van der Waals surface area contributed by atoms with E-state index in [9.17, 15) is 5.11 Å². The van der Waals surface area contributed by atoms with Crippen LogP contribution in [0.25, 0.3) is 0 Å². The summed E-state index contributed by atoms with van der Waals surface area (Å²) in [6.07, 6.45) is 1.00. The van der Waals surface area contributed by atoms with Crippen molar-refractivity contribution in [2.75, 3.05) is 23.8 Å². The molecule has 2 N–H and O–H groups in total. The van der Waals surface area contributed by atoms with E-state index in [0.717, 1.165) is 18.5 Å². The summed E-state index contributed by atoms with van der Waals surface area (Å²) < 4.78 is 0. The second-order valence-electron chi connectivity index (χ2n) is 4.50. The first kappa shape index (κ1) is 14.1. The number of thioether (sulfide) groups is 2. The van der Waals surface area contributed by atoms with E-state index in [1.54, 1.807) is 6.07 Å². The lowest BCUT2D eigenvalue weighted by atomic mass is 10.0. The summed E-state index contributed by atoms with van der Waals surface area (Å²) in [4.78, 5) is 0. The first-order chi connectivity index (χ1) is 8.81. The molecule has 0 aliphatic carbocycles. The molecule has 2 nitrogen and oxygen atoms in total. The van der Waals surface area contributed by atoms with Crippen molar-refractivity contribution in [2.45, 2.75) is 24.6 Å². The molecule has 0 bridgehead atoms. The zero-order chi connectivity index (χ0) is 12.8. The number of hydrogen-bond acceptors (Lipinski definition) is 4. The van der Waals surface area contributed by atoms with Gasteiger partial charge in [0.2, 0.25) is 0 Å². The summed E-state index contributed by atoms with van der Waals surface area (Å²) in [6.45, 7) is 3.19. The Balaban J connectivity index is 1.91. The molecule has 1 fully saturated rings. The van der Waals surface area contributed by atoms with E-state index >= 15 is 0 Å². The molecular weight excluding hydrogens is 262 g/mol. The number of para-hydroxylation sites is 1. The third kappa shape index (κ3) is 3.84. The zero-order valence-corrected chi connectivity index (χ0v) is 12.4. The van der Waals surface area contributed by atoms with Gasteiger partial charge in [0.05, 0.1) is 0 Å². The van der Waals surface area contributed by atoms with Crippen molar-refractivity contribution in [3.63, 3.8) is 0 Å². The van der Waals surface area contributed by atoms with Gasteiger partial charge < -0.3 is 10.4 Å². The average molecular weight is 283 g/mol. The summed E-state index contributed by atoms with van der Waals surface area (Å²) in [5, 5.41) is 14.2. The molecular formula is C14H21NOS2. The van der Waals surface area contributed by atoms with Gasteiger partial charge in [-0.15, -0.1) is 0 Å². The van der Waals surface area contributed by atoms with Gasteiger partial charge in [0, 0.05) is 40.7 Å². The van der Waals surface area contributed by atoms with Gasteiger partial charge in [-0.2, -0.15) is 23.5 Å². The van der Waals surface area contributed by atoms with Crippen LogP contribution in [0.5, 0.6) is 5.75 Å². The van der Waals surface area contributed by atoms with Crippen molar-refractivity contribution in [3.8, 4) is 5.75 Å². The predicted octanol–water partition coefficient (Wildman–Crippen LogP) is 3.28. The van der Waals surface area contributed by atoms with E-state index < -0.39 is 0 Å². The van der Waals surface area contributed by atoms with Crippen LogP contribution in [-0.4, -0.2) is 34.2 Å². The molecule has 0 aromatic heterocycles. The highest BCUT2D eigenvalue weighted by molar-refractivity contribution is 8.06. The van der Waals surface area contributed by atoms with Gasteiger partial charge >= 0.3 is 0 Å². The van der Waals surface area contributed by atoms with Crippen LogP contribution < -0.4 is 5.32 Å². The molecule has 18 heavy (non-hydrogen) atoms. The Kier molecular flexibility index (Phi) is 5.73. The van der Waals surface area contributed by atoms with Crippen LogP contribution in [0, 0.1) is 0 Å². The molecule has 0 spiro atoms. The summed E-state index contributed by atoms with van der Waals surface area (Å²) in [5.41, 5.74) is 1.02. The highest BCUT2D eigenvalue weighted by Crippen LogP contribution is 2.27. The molecule has 1 aromatic rings. The van der Waals surface area contributed by atoms with Crippen molar-refractivity contribution in [2.24, 2.45) is 0 Å². The fourth-order valence-corrected chi connectivity index (χ4v) is 4.81. The SMILES string of the molecule is CC[C@@H](NC[C@@H]1CSCCS1)c1ccccc1O. The minimum absolute atomic E-state index is 0.263. The number of hydrogen-bond donors (Lipinski definition) is 2. The fourth-order valence-electron chi connectivity index (χ4n) is 2.18. The van der Waals surface area contributed by atoms with Crippen LogP contribution in [0.2, 0.25) is 0 Å². The molecule has 1 heterocycles. The maximum Gasteiger partial charge on any atom is 0.120 e. The Hall–Kier alpha value is -0.320. The largest absolute Gasteiger partial charge is 0.508 e. The van der Waals surface area contributed by atoms with Crippen molar-refractivity contribution < 1.29 is 5.11 Å². The molecule has 2 atom stereocenters. The van der Waals surface area contributed by atoms with E-state index in [-0.39, 0.29) is 6.04 Å². The number of benzene rings is 1. The molecule has 4 heteroatoms. The second-order valence-corrected chi connectivity index (χ2v) is 7.05. The molecule has 0 radical (unpaired) electrons. The summed E-state index contributed by atoms with van der Waals surface area (Å²) in [7, 11) is 0. The van der Waals surface area contributed by atoms with Crippen molar-refractivity contribution in [1.29, 1.82) is 0 Å². The normalized spacial score (nSPS) is 21.7. The molecule has 1 aliphatic rings. The Labute approximate surface area is 118 Å². The van der Waals surface area contributed by atoms with Crippen LogP contribution in [0.1, 0.15) is 24.9 Å². The number of phenolic OH excluding ortho intramolecular Hbond substituents is 1. The van der Waals surface area contributed by atoms with E-state index in [1.807, 2.05) is 18.2 Å². The standard InChI is InChI=1S/C14H21NOS2/c1-2-13(12-5-3-4-6-14(12)16)15-9-11-10-17-7-8-18-11/h3-6,11,13,15-16H,2,7-10H2,1H3/t11-,13-/m1/s1. The van der Waals surface area contributed by atoms with E-state index in [4.69, 9.17) is 0 Å². The Bertz CT molecular complexity index is 367. The highest BCUT2D eigenvalue weighted by Gasteiger charge is 2.17. The lowest BCUT2D eigenvalue weighted by molar-refractivity contribution is 0.442. The number of aromatic hydroxyl groups is 1. The first-order valence-electron chi connectivity index (χ1n) is 6.52. The minimum atomic E-state index is 0.263. The van der Waals surface area contributed by atoms with Gasteiger partial charge in [-0.05, 0) is 12.5 Å². The maximum absolute atomic E-state index is 9.90. The van der Waals surface area contributed by atoms with E-state index in [2.05, 4.69) is 35.8 Å². The van der Waals surface area contributed by atoms with E-state index in [0.29, 0.717) is 11.0 Å². The predicted molar refractivity (Wildman–Crippen MR) is 82.7 cm³/mol. The second kappa shape index (κ2) is 7.31. The highest BCUT2D eigenvalue weighted by atomic mass is 32.2. The first-order valence-corrected chi connectivity index (χ1v) is 8.72. The quantitative estimate of drug-likeness (QED) is 0.868. The maximum atomic E-state index is 9.90. The van der Waals surface area contributed by atoms with Gasteiger partial charge in [0.1, 0.15) is 5.75 Å². The average Bonchev–Trinajstić information content (AvgIpc) is 2.42. The van der Waals surface area contributed by atoms with Gasteiger partial charge in [0.15, 0.2) is 0 Å². The molecule has 0 unspecified atom stereocenters. The Morgan fingerprint density at radius 2 is 2.22 bits per heavy atom. The zero-order valence-electron chi connectivity index (χ0n) is 10.8. The Morgan fingerprint density at radius 1 is 1.39 bits per heavy atom. The van der Waals surface area contributed by atoms with Crippen LogP contribution in [0.4, 0.5) is 0 Å². The van der Waals surface area contributed by atoms with Crippen molar-refractivity contribution >= 4 is 23.5 Å². The van der Waals surface area contributed by atoms with Crippen LogP contribution >= 0.6 is 23.5 Å². The van der Waals surface area contributed by atoms with Crippen LogP contribution in [0.15, 0.2) is 24.3 Å². The smallest absolute Gasteiger partial charge is 0.120 e. The molecule has 2 rings (SSSR count). The molecule has 100 valence electrons. The van der Waals surface area contributed by atoms with Gasteiger partial charge in [-0.25, -0.2) is 0 Å². The lowest BCUT2D eigenvalue weighted by Gasteiger charge is -2.25. The monoisotopic (exact) mass is 283 g/mol. The molecule has 1 aliphatic heterocycles. The third-order valence-corrected chi connectivity index (χ3v) is 6.04. The van der Waals surface area contributed by atoms with Gasteiger partial charge in [-0.3, -0.25) is 0 Å². The molecule has 1 saturated heterocycles. The molecule has 1 aromatic carbocycles. The fraction of sp³-hybridized carbons (Fsp3) is 0.571. The lowest BCUT2D eigenvalue weighted by Crippen LogP contribution is -2.31. The van der Waals surface area contributed by atoms with E-state index in [1.165, 1.54) is 17.3 Å². The number of nitrogens with one attached hydrogen (secondary N) is 1. The van der Waals surface area contributed by atoms with Gasteiger partial charge in [0.25, 0.3) is 0 Å². The summed E-state index contributed by atoms with van der Waals surface area (Å²) >= 11 is 4.12.